The largest absolute Gasteiger partial charge is 0.488 e. The number of nitrogens with zero attached hydrogens (tertiary/aromatic N) is 5. The Balaban J connectivity index is 1.43. The van der Waals surface area contributed by atoms with Gasteiger partial charge in [-0.05, 0) is 24.8 Å². The Morgan fingerprint density at radius 3 is 2.29 bits per heavy atom. The van der Waals surface area contributed by atoms with Crippen molar-refractivity contribution < 1.29 is 27.8 Å². The van der Waals surface area contributed by atoms with Gasteiger partial charge in [-0.1, -0.05) is 27.7 Å². The first-order chi connectivity index (χ1) is 17.8. The molecule has 2 aromatic heterocycles. The van der Waals surface area contributed by atoms with E-state index in [1.165, 1.54) is 6.07 Å². The number of anilines is 1. The molecule has 1 aliphatic carbocycles. The van der Waals surface area contributed by atoms with Gasteiger partial charge in [0.05, 0.1) is 29.8 Å². The SMILES string of the molecule is CC1(C)[C@H](NC(=O)c2ncc(N3CCC(CO)CC3)cn2)C(C)(C)[C@H]1Oc1cnc(C#N)c(C(F)(F)F)c1. The predicted molar refractivity (Wildman–Crippen MR) is 131 cm³/mol. The highest BCUT2D eigenvalue weighted by Crippen LogP contribution is 2.55. The van der Waals surface area contributed by atoms with E-state index in [2.05, 4.69) is 25.2 Å². The van der Waals surface area contributed by atoms with Gasteiger partial charge < -0.3 is 20.1 Å². The third-order valence-electron chi connectivity index (χ3n) is 7.72. The van der Waals surface area contributed by atoms with Crippen LogP contribution in [0, 0.1) is 28.1 Å². The standard InChI is InChI=1S/C26H31F3N6O3/c1-24(2)22(25(3,4)23(24)38-17-9-18(26(27,28)29)19(10-30)31-13-17)34-21(37)20-32-11-16(12-33-20)35-7-5-15(14-36)6-8-35/h9,11-13,15,22-23,36H,5-8,14H2,1-4H3,(H,34,37)/t22-,23-. The van der Waals surface area contributed by atoms with Gasteiger partial charge in [-0.2, -0.15) is 18.4 Å². The van der Waals surface area contributed by atoms with Crippen LogP contribution in [0.15, 0.2) is 24.7 Å². The molecule has 3 heterocycles. The summed E-state index contributed by atoms with van der Waals surface area (Å²) in [5.41, 5.74) is -2.37. The minimum absolute atomic E-state index is 0.0149. The van der Waals surface area contributed by atoms with E-state index < -0.39 is 40.3 Å². The molecule has 1 saturated heterocycles. The van der Waals surface area contributed by atoms with Crippen molar-refractivity contribution in [3.63, 3.8) is 0 Å². The Hall–Kier alpha value is -3.46. The van der Waals surface area contributed by atoms with Crippen LogP contribution in [-0.4, -0.2) is 57.8 Å². The molecule has 2 N–H and O–H groups in total. The molecular formula is C26H31F3N6O3. The van der Waals surface area contributed by atoms with Crippen molar-refractivity contribution in [1.29, 1.82) is 5.26 Å². The maximum atomic E-state index is 13.4. The van der Waals surface area contributed by atoms with Gasteiger partial charge in [0.25, 0.3) is 5.91 Å². The first-order valence-electron chi connectivity index (χ1n) is 12.4. The maximum Gasteiger partial charge on any atom is 0.419 e. The summed E-state index contributed by atoms with van der Waals surface area (Å²) < 4.78 is 46.0. The van der Waals surface area contributed by atoms with Crippen molar-refractivity contribution in [2.24, 2.45) is 16.7 Å². The van der Waals surface area contributed by atoms with Crippen LogP contribution >= 0.6 is 0 Å². The number of halogens is 3. The van der Waals surface area contributed by atoms with E-state index in [4.69, 9.17) is 10.00 Å². The average molecular weight is 533 g/mol. The number of carbonyl (C=O) groups is 1. The summed E-state index contributed by atoms with van der Waals surface area (Å²) in [4.78, 5) is 27.2. The summed E-state index contributed by atoms with van der Waals surface area (Å²) in [7, 11) is 0. The molecular weight excluding hydrogens is 501 g/mol. The number of aliphatic hydroxyl groups is 1. The fourth-order valence-electron chi connectivity index (χ4n) is 5.92. The average Bonchev–Trinajstić information content (AvgIpc) is 2.89. The van der Waals surface area contributed by atoms with Crippen molar-refractivity contribution in [2.75, 3.05) is 24.6 Å². The zero-order valence-corrected chi connectivity index (χ0v) is 21.7. The lowest BCUT2D eigenvalue weighted by Gasteiger charge is -2.62. The predicted octanol–water partition coefficient (Wildman–Crippen LogP) is 3.58. The molecule has 204 valence electrons. The van der Waals surface area contributed by atoms with Crippen LogP contribution in [0.4, 0.5) is 18.9 Å². The highest BCUT2D eigenvalue weighted by molar-refractivity contribution is 5.91. The number of rotatable bonds is 6. The molecule has 0 unspecified atom stereocenters. The Morgan fingerprint density at radius 1 is 1.16 bits per heavy atom. The van der Waals surface area contributed by atoms with Crippen LogP contribution in [0.2, 0.25) is 0 Å². The number of piperidine rings is 1. The molecule has 0 bridgehead atoms. The van der Waals surface area contributed by atoms with Gasteiger partial charge in [-0.15, -0.1) is 0 Å². The molecule has 0 radical (unpaired) electrons. The van der Waals surface area contributed by atoms with Crippen LogP contribution in [0.3, 0.4) is 0 Å². The second-order valence-electron chi connectivity index (χ2n) is 11.1. The Kier molecular flexibility index (Phi) is 7.27. The number of aromatic nitrogens is 3. The monoisotopic (exact) mass is 532 g/mol. The van der Waals surface area contributed by atoms with E-state index >= 15 is 0 Å². The number of nitrogens with one attached hydrogen (secondary N) is 1. The number of pyridine rings is 1. The van der Waals surface area contributed by atoms with Crippen LogP contribution in [0.1, 0.15) is 62.4 Å². The van der Waals surface area contributed by atoms with E-state index in [0.29, 0.717) is 5.92 Å². The van der Waals surface area contributed by atoms with Gasteiger partial charge in [-0.25, -0.2) is 15.0 Å². The first-order valence-corrected chi connectivity index (χ1v) is 12.4. The van der Waals surface area contributed by atoms with E-state index in [-0.39, 0.29) is 24.2 Å². The molecule has 2 aliphatic rings. The molecule has 1 saturated carbocycles. The Morgan fingerprint density at radius 2 is 1.76 bits per heavy atom. The number of aliphatic hydroxyl groups excluding tert-OH is 1. The van der Waals surface area contributed by atoms with E-state index in [1.54, 1.807) is 12.4 Å². The van der Waals surface area contributed by atoms with Gasteiger partial charge in [0.1, 0.15) is 17.9 Å². The molecule has 0 aromatic carbocycles. The maximum absolute atomic E-state index is 13.4. The summed E-state index contributed by atoms with van der Waals surface area (Å²) in [5, 5.41) is 21.3. The summed E-state index contributed by atoms with van der Waals surface area (Å²) >= 11 is 0. The number of hydrogen-bond donors (Lipinski definition) is 2. The lowest BCUT2D eigenvalue weighted by molar-refractivity contribution is -0.165. The molecule has 38 heavy (non-hydrogen) atoms. The first kappa shape index (κ1) is 27.6. The Bertz CT molecular complexity index is 1200. The number of hydrogen-bond acceptors (Lipinski definition) is 8. The van der Waals surface area contributed by atoms with Crippen molar-refractivity contribution in [1.82, 2.24) is 20.3 Å². The van der Waals surface area contributed by atoms with Gasteiger partial charge in [0.15, 0.2) is 5.69 Å². The number of alkyl halides is 3. The molecule has 0 atom stereocenters. The second-order valence-corrected chi connectivity index (χ2v) is 11.1. The van der Waals surface area contributed by atoms with Crippen molar-refractivity contribution in [3.8, 4) is 11.8 Å². The third kappa shape index (κ3) is 5.12. The molecule has 12 heteroatoms. The van der Waals surface area contributed by atoms with Crippen molar-refractivity contribution >= 4 is 11.6 Å². The normalized spacial score (nSPS) is 22.8. The fourth-order valence-corrected chi connectivity index (χ4v) is 5.92. The number of nitriles is 1. The summed E-state index contributed by atoms with van der Waals surface area (Å²) in [6.45, 7) is 9.18. The molecule has 4 rings (SSSR count). The van der Waals surface area contributed by atoms with E-state index in [9.17, 15) is 23.1 Å². The van der Waals surface area contributed by atoms with Gasteiger partial charge in [-0.3, -0.25) is 4.79 Å². The summed E-state index contributed by atoms with van der Waals surface area (Å²) in [5.74, 6) is -0.242. The van der Waals surface area contributed by atoms with Crippen LogP contribution in [-0.2, 0) is 6.18 Å². The van der Waals surface area contributed by atoms with Crippen LogP contribution in [0.25, 0.3) is 0 Å². The summed E-state index contributed by atoms with van der Waals surface area (Å²) in [6, 6.07) is 1.85. The van der Waals surface area contributed by atoms with Crippen LogP contribution < -0.4 is 15.0 Å². The quantitative estimate of drug-likeness (QED) is 0.579. The molecule has 2 fully saturated rings. The van der Waals surface area contributed by atoms with Gasteiger partial charge >= 0.3 is 6.18 Å². The fraction of sp³-hybridized carbons (Fsp3) is 0.577. The highest BCUT2D eigenvalue weighted by atomic mass is 19.4. The zero-order chi connectivity index (χ0) is 27.9. The smallest absolute Gasteiger partial charge is 0.419 e. The number of ether oxygens (including phenoxy) is 1. The molecule has 9 nitrogen and oxygen atoms in total. The van der Waals surface area contributed by atoms with E-state index in [0.717, 1.165) is 43.9 Å². The zero-order valence-electron chi connectivity index (χ0n) is 21.7. The lowest BCUT2D eigenvalue weighted by Crippen LogP contribution is -2.74. The van der Waals surface area contributed by atoms with Gasteiger partial charge in [0, 0.05) is 36.6 Å². The molecule has 0 spiro atoms. The molecule has 1 amide bonds. The van der Waals surface area contributed by atoms with Gasteiger partial charge in [0.2, 0.25) is 5.82 Å². The highest BCUT2D eigenvalue weighted by Gasteiger charge is 2.64. The topological polar surface area (TPSA) is 124 Å². The van der Waals surface area contributed by atoms with E-state index in [1.807, 2.05) is 27.7 Å². The second kappa shape index (κ2) is 10.0. The van der Waals surface area contributed by atoms with Crippen molar-refractivity contribution in [3.05, 3.63) is 41.7 Å². The molecule has 1 aliphatic heterocycles. The third-order valence-corrected chi connectivity index (χ3v) is 7.72. The van der Waals surface area contributed by atoms with Crippen LogP contribution in [0.5, 0.6) is 5.75 Å². The minimum Gasteiger partial charge on any atom is -0.488 e. The number of amides is 1. The lowest BCUT2D eigenvalue weighted by atomic mass is 9.49. The Labute approximate surface area is 219 Å². The number of carbonyl (C=O) groups excluding carboxylic acids is 1. The van der Waals surface area contributed by atoms with Crippen molar-refractivity contribution in [2.45, 2.75) is 58.9 Å². The minimum atomic E-state index is -4.75. The summed E-state index contributed by atoms with van der Waals surface area (Å²) in [6.07, 6.45) is 0.785. The molecule has 2 aromatic rings.